The lowest BCUT2D eigenvalue weighted by atomic mass is 9.78. The molecule has 0 atom stereocenters. The number of benzene rings is 6. The van der Waals surface area contributed by atoms with Crippen LogP contribution in [0.2, 0.25) is 0 Å². The van der Waals surface area contributed by atoms with Crippen LogP contribution < -0.4 is 0 Å². The number of hydrogen-bond acceptors (Lipinski definition) is 3. The smallest absolute Gasteiger partial charge is 0.149 e. The van der Waals surface area contributed by atoms with E-state index in [0.717, 1.165) is 5.56 Å². The zero-order chi connectivity index (χ0) is 74.4. The van der Waals surface area contributed by atoms with Crippen molar-refractivity contribution in [1.29, 1.82) is 0 Å². The minimum absolute atomic E-state index is 0.0158. The summed E-state index contributed by atoms with van der Waals surface area (Å²) < 4.78 is 271. The Morgan fingerprint density at radius 2 is 1.19 bits per heavy atom. The summed E-state index contributed by atoms with van der Waals surface area (Å²) in [6, 6.07) is 23.1. The van der Waals surface area contributed by atoms with Crippen molar-refractivity contribution in [2.24, 2.45) is 0 Å². The van der Waals surface area contributed by atoms with Crippen molar-refractivity contribution >= 4 is 11.0 Å². The van der Waals surface area contributed by atoms with E-state index in [1.54, 1.807) is 78.9 Å². The van der Waals surface area contributed by atoms with Crippen molar-refractivity contribution < 1.29 is 47.6 Å². The van der Waals surface area contributed by atoms with E-state index in [9.17, 15) is 7.85 Å². The van der Waals surface area contributed by atoms with Gasteiger partial charge in [-0.3, -0.25) is 9.55 Å². The van der Waals surface area contributed by atoms with Gasteiger partial charge in [0.1, 0.15) is 11.6 Å². The van der Waals surface area contributed by atoms with E-state index in [0.29, 0.717) is 40.3 Å². The number of aromatic hydroxyl groups is 1. The summed E-state index contributed by atoms with van der Waals surface area (Å²) in [5, 5.41) is 13.2. The summed E-state index contributed by atoms with van der Waals surface area (Å²) >= 11 is 0. The molecule has 344 valence electrons. The van der Waals surface area contributed by atoms with Gasteiger partial charge in [0.25, 0.3) is 0 Å². The van der Waals surface area contributed by atoms with Gasteiger partial charge in [-0.25, -0.2) is 4.98 Å². The average Bonchev–Trinajstić information content (AvgIpc) is 0.755. The highest BCUT2D eigenvalue weighted by Gasteiger charge is 2.30. The number of rotatable bonds is 8. The molecule has 0 bridgehead atoms. The lowest BCUT2D eigenvalue weighted by Crippen LogP contribution is -2.17. The minimum Gasteiger partial charge on any atom is -0.507 e. The molecule has 0 aliphatic heterocycles. The Bertz CT molecular complexity index is 4240. The fourth-order valence-electron chi connectivity index (χ4n) is 8.02. The van der Waals surface area contributed by atoms with Crippen LogP contribution in [0.25, 0.3) is 72.7 Å². The van der Waals surface area contributed by atoms with Gasteiger partial charge in [0.05, 0.1) is 33.5 Å². The molecule has 6 aromatic carbocycles. The predicted molar refractivity (Wildman–Crippen MR) is 286 cm³/mol. The molecule has 0 spiro atoms. The van der Waals surface area contributed by atoms with E-state index in [4.69, 9.17) is 44.7 Å². The first-order chi connectivity index (χ1) is 44.3. The van der Waals surface area contributed by atoms with Crippen LogP contribution in [0.15, 0.2) is 140 Å². The topological polar surface area (TPSA) is 50.9 Å². The first-order valence-electron chi connectivity index (χ1n) is 37.1. The van der Waals surface area contributed by atoms with Crippen molar-refractivity contribution in [1.82, 2.24) is 14.5 Å². The van der Waals surface area contributed by atoms with Crippen LogP contribution in [0.5, 0.6) is 5.75 Å². The zero-order valence-electron chi connectivity index (χ0n) is 69.0. The summed E-state index contributed by atoms with van der Waals surface area (Å²) in [6.45, 7) is -25.4. The lowest BCUT2D eigenvalue weighted by Gasteiger charge is -2.28. The minimum atomic E-state index is -4.25. The maximum atomic E-state index is 13.2. The number of phenols is 1. The highest BCUT2D eigenvalue weighted by atomic mass is 16.3. The van der Waals surface area contributed by atoms with Crippen LogP contribution in [0.3, 0.4) is 0 Å². The molecule has 0 aliphatic rings. The van der Waals surface area contributed by atoms with E-state index in [2.05, 4.69) is 4.98 Å². The second-order valence-electron chi connectivity index (χ2n) is 18.7. The molecule has 0 fully saturated rings. The van der Waals surface area contributed by atoms with Gasteiger partial charge >= 0.3 is 0 Å². The number of pyridine rings is 1. The predicted octanol–water partition coefficient (Wildman–Crippen LogP) is 17.3. The zero-order valence-corrected chi connectivity index (χ0v) is 38.0. The van der Waals surface area contributed by atoms with Crippen LogP contribution >= 0.6 is 0 Å². The largest absolute Gasteiger partial charge is 0.507 e. The summed E-state index contributed by atoms with van der Waals surface area (Å²) in [5.41, 5.74) is -15.6. The fraction of sp³-hybridized carbons (Fsp3) is 0.333. The van der Waals surface area contributed by atoms with Crippen molar-refractivity contribution in [2.45, 2.75) is 137 Å². The SMILES string of the molecule is [2H]c1c([2H])c(C(C([2H])([2H])[2H])(C([2H])([2H])[2H])C([2H])([2H])[2H])c([2H])c([2H])c1-c1ccnc(-c2cc(-c3cccc4c3nc(-c3cc(C(C([2H])([2H])[2H])(C([2H])([2H])[2H])C([2H])([2H])[2H])cc(C(C([2H])([2H])[2H])(C([2H])([2H])[2H])C([2H])([2H])[2H])c3O)n4-c3ccc(C(C)(C)CC)cc3-c3ccccc3)cc(C(C)(C)C)c2)c1. The summed E-state index contributed by atoms with van der Waals surface area (Å²) in [7, 11) is 0. The molecule has 0 aliphatic carbocycles. The molecule has 0 radical (unpaired) electrons. The van der Waals surface area contributed by atoms with Crippen molar-refractivity contribution in [2.75, 3.05) is 0 Å². The third-order valence-electron chi connectivity index (χ3n) is 12.3. The Balaban J connectivity index is 1.58. The van der Waals surface area contributed by atoms with Crippen LogP contribution in [-0.4, -0.2) is 19.6 Å². The molecule has 8 rings (SSSR count). The van der Waals surface area contributed by atoms with Gasteiger partial charge in [-0.15, -0.1) is 0 Å². The molecular formula is C63H71N3O. The molecule has 4 nitrogen and oxygen atoms in total. The van der Waals surface area contributed by atoms with E-state index in [1.807, 2.05) is 47.6 Å². The summed E-state index contributed by atoms with van der Waals surface area (Å²) in [5.74, 6) is -2.03. The summed E-state index contributed by atoms with van der Waals surface area (Å²) in [4.78, 5) is 9.77. The standard InChI is InChI=1S/C63H71N3O/c1-16-63(14,15)46-29-30-54(50(37-46)41-21-18-17-19-22-41)66-55-24-20-23-49(56(55)65-58(66)51-38-48(61(8,9)10)39-52(57(51)67)62(11,12)13)43-33-44(35-47(34-43)60(5,6)7)53-36-42(31-32-64-53)40-25-27-45(28-26-40)59(2,3)4/h17-39,67H,16H2,1-15H3/i2D3,3D3,4D3,8D3,9D3,10D3,11D3,12D3,13D3,25D,26D,27D,28D. The van der Waals surface area contributed by atoms with E-state index in [1.165, 1.54) is 22.9 Å². The van der Waals surface area contributed by atoms with Crippen molar-refractivity contribution in [3.8, 4) is 67.5 Å². The number of phenolic OH excluding ortho intramolecular Hbond substituents is 1. The molecule has 0 amide bonds. The first kappa shape index (κ1) is 22.2. The van der Waals surface area contributed by atoms with Gasteiger partial charge < -0.3 is 5.11 Å². The Morgan fingerprint density at radius 1 is 0.537 bits per heavy atom. The summed E-state index contributed by atoms with van der Waals surface area (Å²) in [6.07, 6.45) is 1.88. The van der Waals surface area contributed by atoms with Crippen LogP contribution in [-0.2, 0) is 27.1 Å². The van der Waals surface area contributed by atoms with Gasteiger partial charge in [0.15, 0.2) is 0 Å². The highest BCUT2D eigenvalue weighted by molar-refractivity contribution is 5.98. The highest BCUT2D eigenvalue weighted by Crippen LogP contribution is 2.46. The number of para-hydroxylation sites is 1. The molecule has 0 saturated heterocycles. The maximum Gasteiger partial charge on any atom is 0.149 e. The Morgan fingerprint density at radius 3 is 1.87 bits per heavy atom. The fourth-order valence-corrected chi connectivity index (χ4v) is 8.02. The molecule has 0 saturated carbocycles. The molecule has 8 aromatic rings. The Kier molecular flexibility index (Phi) is 5.68. The van der Waals surface area contributed by atoms with Gasteiger partial charge in [-0.2, -0.15) is 0 Å². The van der Waals surface area contributed by atoms with E-state index >= 15 is 0 Å². The van der Waals surface area contributed by atoms with Gasteiger partial charge in [0, 0.05) is 65.5 Å². The third-order valence-corrected chi connectivity index (χ3v) is 12.3. The monoisotopic (exact) mass is 917 g/mol. The number of aromatic nitrogens is 3. The van der Waals surface area contributed by atoms with Crippen LogP contribution in [0, 0.1) is 0 Å². The maximum absolute atomic E-state index is 13.2. The normalized spacial score (nSPS) is 21.3. The lowest BCUT2D eigenvalue weighted by molar-refractivity contribution is 0.446. The molecule has 2 aromatic heterocycles. The quantitative estimate of drug-likeness (QED) is 0.165. The van der Waals surface area contributed by atoms with Crippen LogP contribution in [0.1, 0.15) is 180 Å². The van der Waals surface area contributed by atoms with E-state index in [-0.39, 0.29) is 39.6 Å². The average molecular weight is 917 g/mol. The van der Waals surface area contributed by atoms with Gasteiger partial charge in [-0.1, -0.05) is 188 Å². The number of fused-ring (bicyclic) bond motifs is 1. The first-order valence-corrected chi connectivity index (χ1v) is 21.6. The number of hydrogen-bond donors (Lipinski definition) is 1. The molecule has 4 heteroatoms. The Hall–Kier alpha value is -6.26. The van der Waals surface area contributed by atoms with Crippen LogP contribution in [0.4, 0.5) is 0 Å². The van der Waals surface area contributed by atoms with Crippen molar-refractivity contribution in [3.05, 3.63) is 167 Å². The molecule has 67 heavy (non-hydrogen) atoms. The molecule has 2 heterocycles. The van der Waals surface area contributed by atoms with Crippen molar-refractivity contribution in [3.63, 3.8) is 0 Å². The number of nitrogens with zero attached hydrogens (tertiary/aromatic N) is 3. The molecule has 1 N–H and O–H groups in total. The number of imidazole rings is 1. The molecular weight excluding hydrogens is 815 g/mol. The van der Waals surface area contributed by atoms with E-state index < -0.39 is 152 Å². The second-order valence-corrected chi connectivity index (χ2v) is 18.7. The second kappa shape index (κ2) is 17.1. The third kappa shape index (κ3) is 9.38. The van der Waals surface area contributed by atoms with Gasteiger partial charge in [-0.05, 0) is 127 Å². The molecule has 0 unspecified atom stereocenters. The Labute approximate surface area is 444 Å². The van der Waals surface area contributed by atoms with Gasteiger partial charge in [0.2, 0.25) is 0 Å².